The number of amides is 2. The number of pyridine rings is 1. The quantitative estimate of drug-likeness (QED) is 0.662. The molecule has 0 aliphatic carbocycles. The molecular weight excluding hydrogens is 440 g/mol. The van der Waals surface area contributed by atoms with E-state index in [4.69, 9.17) is 9.72 Å². The summed E-state index contributed by atoms with van der Waals surface area (Å²) < 4.78 is 5.45. The lowest BCUT2D eigenvalue weighted by Gasteiger charge is -2.46. The molecule has 1 N–H and O–H groups in total. The second-order valence-electron chi connectivity index (χ2n) is 10.2. The Morgan fingerprint density at radius 3 is 2.54 bits per heavy atom. The van der Waals surface area contributed by atoms with Crippen molar-refractivity contribution < 1.29 is 14.3 Å². The summed E-state index contributed by atoms with van der Waals surface area (Å²) in [4.78, 5) is 35.9. The highest BCUT2D eigenvalue weighted by Gasteiger charge is 2.47. The summed E-state index contributed by atoms with van der Waals surface area (Å²) >= 11 is 0. The van der Waals surface area contributed by atoms with E-state index in [-0.39, 0.29) is 30.4 Å². The van der Waals surface area contributed by atoms with Gasteiger partial charge in [0.1, 0.15) is 5.82 Å². The third-order valence-corrected chi connectivity index (χ3v) is 6.78. The Morgan fingerprint density at radius 1 is 1.14 bits per heavy atom. The molecule has 2 aromatic rings. The molecule has 1 aromatic carbocycles. The van der Waals surface area contributed by atoms with E-state index >= 15 is 0 Å². The minimum absolute atomic E-state index is 0.0000779. The predicted molar refractivity (Wildman–Crippen MR) is 138 cm³/mol. The number of hydrogen-bond acceptors (Lipinski definition) is 5. The summed E-state index contributed by atoms with van der Waals surface area (Å²) in [5.74, 6) is 0.937. The summed E-state index contributed by atoms with van der Waals surface area (Å²) in [6.07, 6.45) is 2.46. The van der Waals surface area contributed by atoms with Crippen LogP contribution >= 0.6 is 0 Å². The molecule has 186 valence electrons. The molecule has 0 saturated carbocycles. The zero-order valence-electron chi connectivity index (χ0n) is 21.2. The molecule has 0 bridgehead atoms. The number of rotatable bonds is 5. The van der Waals surface area contributed by atoms with Crippen molar-refractivity contribution in [2.45, 2.75) is 46.2 Å². The number of morpholine rings is 1. The van der Waals surface area contributed by atoms with Gasteiger partial charge in [-0.25, -0.2) is 9.78 Å². The number of ketones is 1. The van der Waals surface area contributed by atoms with Crippen molar-refractivity contribution in [3.05, 3.63) is 65.4 Å². The SMILES string of the molecule is CC(C)NC(=O)N1CC(=Cc2cccc(N3CCOCC3)n2)C(=O)C(C)(C)C1Cc1ccccc1. The number of urea groups is 1. The highest BCUT2D eigenvalue weighted by atomic mass is 16.5. The number of nitrogens with zero attached hydrogens (tertiary/aromatic N) is 3. The van der Waals surface area contributed by atoms with E-state index in [0.29, 0.717) is 25.2 Å². The molecule has 1 atom stereocenters. The number of nitrogens with one attached hydrogen (secondary N) is 1. The van der Waals surface area contributed by atoms with Crippen LogP contribution in [0.1, 0.15) is 39.0 Å². The minimum Gasteiger partial charge on any atom is -0.378 e. The van der Waals surface area contributed by atoms with Gasteiger partial charge in [0.25, 0.3) is 0 Å². The number of aromatic nitrogens is 1. The first-order valence-corrected chi connectivity index (χ1v) is 12.4. The van der Waals surface area contributed by atoms with Crippen LogP contribution in [0.25, 0.3) is 6.08 Å². The number of carbonyl (C=O) groups excluding carboxylic acids is 2. The second kappa shape index (κ2) is 10.6. The molecule has 2 amide bonds. The van der Waals surface area contributed by atoms with Crippen molar-refractivity contribution in [1.82, 2.24) is 15.2 Å². The Hall–Kier alpha value is -3.19. The van der Waals surface area contributed by atoms with Gasteiger partial charge in [0.15, 0.2) is 5.78 Å². The molecule has 2 aliphatic heterocycles. The van der Waals surface area contributed by atoms with Crippen LogP contribution in [0.15, 0.2) is 54.1 Å². The average Bonchev–Trinajstić information content (AvgIpc) is 2.85. The number of benzene rings is 1. The van der Waals surface area contributed by atoms with Crippen LogP contribution in [-0.4, -0.2) is 66.6 Å². The maximum absolute atomic E-state index is 13.7. The third kappa shape index (κ3) is 5.73. The van der Waals surface area contributed by atoms with Crippen LogP contribution in [0.5, 0.6) is 0 Å². The summed E-state index contributed by atoms with van der Waals surface area (Å²) in [5, 5.41) is 3.03. The topological polar surface area (TPSA) is 74.8 Å². The van der Waals surface area contributed by atoms with Gasteiger partial charge in [0.2, 0.25) is 0 Å². The van der Waals surface area contributed by atoms with Crippen LogP contribution in [0.2, 0.25) is 0 Å². The first kappa shape index (κ1) is 24.9. The van der Waals surface area contributed by atoms with Crippen LogP contribution in [0, 0.1) is 5.41 Å². The maximum atomic E-state index is 13.7. The molecular formula is C28H36N4O3. The number of hydrogen-bond donors (Lipinski definition) is 1. The second-order valence-corrected chi connectivity index (χ2v) is 10.2. The lowest BCUT2D eigenvalue weighted by Crippen LogP contribution is -2.61. The average molecular weight is 477 g/mol. The molecule has 4 rings (SSSR count). The molecule has 1 unspecified atom stereocenters. The van der Waals surface area contributed by atoms with Crippen molar-refractivity contribution in [2.75, 3.05) is 37.7 Å². The number of carbonyl (C=O) groups is 2. The highest BCUT2D eigenvalue weighted by molar-refractivity contribution is 6.05. The molecule has 2 aliphatic rings. The van der Waals surface area contributed by atoms with Gasteiger partial charge in [-0.2, -0.15) is 0 Å². The zero-order chi connectivity index (χ0) is 25.0. The molecule has 35 heavy (non-hydrogen) atoms. The Morgan fingerprint density at radius 2 is 1.86 bits per heavy atom. The van der Waals surface area contributed by atoms with Crippen molar-refractivity contribution in [3.8, 4) is 0 Å². The van der Waals surface area contributed by atoms with Gasteiger partial charge in [-0.15, -0.1) is 0 Å². The van der Waals surface area contributed by atoms with Crippen LogP contribution < -0.4 is 10.2 Å². The Kier molecular flexibility index (Phi) is 7.55. The van der Waals surface area contributed by atoms with Gasteiger partial charge < -0.3 is 19.9 Å². The monoisotopic (exact) mass is 476 g/mol. The molecule has 3 heterocycles. The van der Waals surface area contributed by atoms with E-state index in [1.54, 1.807) is 0 Å². The van der Waals surface area contributed by atoms with Crippen molar-refractivity contribution >= 4 is 23.7 Å². The highest BCUT2D eigenvalue weighted by Crippen LogP contribution is 2.37. The Labute approximate surface area is 208 Å². The Balaban J connectivity index is 1.66. The Bertz CT molecular complexity index is 1070. The van der Waals surface area contributed by atoms with E-state index in [0.717, 1.165) is 30.2 Å². The van der Waals surface area contributed by atoms with Gasteiger partial charge in [0, 0.05) is 30.1 Å². The van der Waals surface area contributed by atoms with E-state index in [2.05, 4.69) is 10.2 Å². The number of piperidine rings is 1. The van der Waals surface area contributed by atoms with E-state index in [1.165, 1.54) is 0 Å². The number of likely N-dealkylation sites (tertiary alicyclic amines) is 1. The van der Waals surface area contributed by atoms with Crippen LogP contribution in [-0.2, 0) is 16.0 Å². The van der Waals surface area contributed by atoms with Gasteiger partial charge in [0.05, 0.1) is 31.5 Å². The summed E-state index contributed by atoms with van der Waals surface area (Å²) in [6, 6.07) is 15.5. The largest absolute Gasteiger partial charge is 0.378 e. The molecule has 2 saturated heterocycles. The lowest BCUT2D eigenvalue weighted by atomic mass is 9.71. The van der Waals surface area contributed by atoms with Crippen LogP contribution in [0.4, 0.5) is 10.6 Å². The first-order chi connectivity index (χ1) is 16.8. The number of ether oxygens (including phenoxy) is 1. The molecule has 0 radical (unpaired) electrons. The fraction of sp³-hybridized carbons (Fsp3) is 0.464. The standard InChI is InChI=1S/C28H36N4O3/c1-20(2)29-27(34)32-19-22(18-23-11-8-12-25(30-23)31-13-15-35-16-14-31)26(33)28(3,4)24(32)17-21-9-6-5-7-10-21/h5-12,18,20,24H,13-17,19H2,1-4H3,(H,29,34). The van der Waals surface area contributed by atoms with Gasteiger partial charge in [-0.05, 0) is 44.0 Å². The smallest absolute Gasteiger partial charge is 0.318 e. The number of anilines is 1. The molecule has 7 heteroatoms. The van der Waals surface area contributed by atoms with E-state index < -0.39 is 5.41 Å². The first-order valence-electron chi connectivity index (χ1n) is 12.4. The molecule has 2 fully saturated rings. The predicted octanol–water partition coefficient (Wildman–Crippen LogP) is 3.94. The third-order valence-electron chi connectivity index (χ3n) is 6.78. The fourth-order valence-corrected chi connectivity index (χ4v) is 4.84. The normalized spacial score (nSPS) is 21.5. The van der Waals surface area contributed by atoms with Crippen molar-refractivity contribution in [3.63, 3.8) is 0 Å². The summed E-state index contributed by atoms with van der Waals surface area (Å²) in [5.41, 5.74) is 1.67. The van der Waals surface area contributed by atoms with E-state index in [1.807, 2.05) is 87.2 Å². The van der Waals surface area contributed by atoms with Crippen LogP contribution in [0.3, 0.4) is 0 Å². The molecule has 7 nitrogen and oxygen atoms in total. The van der Waals surface area contributed by atoms with E-state index in [9.17, 15) is 9.59 Å². The number of Topliss-reactive ketones (excluding diaryl/α,β-unsaturated/α-hetero) is 1. The zero-order valence-corrected chi connectivity index (χ0v) is 21.2. The van der Waals surface area contributed by atoms with Crippen molar-refractivity contribution in [2.24, 2.45) is 5.41 Å². The summed E-state index contributed by atoms with van der Waals surface area (Å²) in [6.45, 7) is 11.0. The van der Waals surface area contributed by atoms with Crippen molar-refractivity contribution in [1.29, 1.82) is 0 Å². The van der Waals surface area contributed by atoms with Gasteiger partial charge in [-0.3, -0.25) is 4.79 Å². The van der Waals surface area contributed by atoms with Gasteiger partial charge >= 0.3 is 6.03 Å². The van der Waals surface area contributed by atoms with Gasteiger partial charge in [-0.1, -0.05) is 50.2 Å². The lowest BCUT2D eigenvalue weighted by molar-refractivity contribution is -0.128. The maximum Gasteiger partial charge on any atom is 0.318 e. The molecule has 1 aromatic heterocycles. The summed E-state index contributed by atoms with van der Waals surface area (Å²) in [7, 11) is 0. The molecule has 0 spiro atoms. The fourth-order valence-electron chi connectivity index (χ4n) is 4.84. The minimum atomic E-state index is -0.754.